The second-order valence-corrected chi connectivity index (χ2v) is 18.5. The predicted octanol–water partition coefficient (Wildman–Crippen LogP) is 12.6. The lowest BCUT2D eigenvalue weighted by atomic mass is 9.59. The molecule has 5 atom stereocenters. The van der Waals surface area contributed by atoms with Crippen LogP contribution in [0.1, 0.15) is 83.0 Å². The number of benzene rings is 4. The molecule has 2 saturated carbocycles. The zero-order chi connectivity index (χ0) is 36.0. The van der Waals surface area contributed by atoms with Gasteiger partial charge in [0.15, 0.2) is 0 Å². The van der Waals surface area contributed by atoms with Crippen LogP contribution in [0.5, 0.6) is 11.5 Å². The van der Waals surface area contributed by atoms with Gasteiger partial charge in [-0.2, -0.15) is 0 Å². The summed E-state index contributed by atoms with van der Waals surface area (Å²) in [5.74, 6) is 3.95. The maximum absolute atomic E-state index is 13.1. The first-order valence-electron chi connectivity index (χ1n) is 18.3. The van der Waals surface area contributed by atoms with E-state index in [0.717, 1.165) is 58.1 Å². The Kier molecular flexibility index (Phi) is 11.3. The molecule has 1 spiro atoms. The van der Waals surface area contributed by atoms with Crippen molar-refractivity contribution < 1.29 is 14.3 Å². The summed E-state index contributed by atoms with van der Waals surface area (Å²) in [6, 6.07) is 21.2. The Bertz CT molecular complexity index is 1960. The average molecular weight is 942 g/mol. The largest absolute Gasteiger partial charge is 0.497 e. The Hall–Kier alpha value is -1.93. The number of carbonyl (C=O) groups excluding carboxylic acids is 1. The molecule has 0 unspecified atom stereocenters. The molecule has 0 aliphatic heterocycles. The van der Waals surface area contributed by atoms with E-state index in [1.165, 1.54) is 68.9 Å². The van der Waals surface area contributed by atoms with Crippen LogP contribution in [-0.2, 0) is 35.9 Å². The predicted molar refractivity (Wildman–Crippen MR) is 221 cm³/mol. The van der Waals surface area contributed by atoms with Crippen LogP contribution < -0.4 is 9.47 Å². The fourth-order valence-electron chi connectivity index (χ4n) is 10.2. The number of ether oxygens (including phenoxy) is 2. The quantitative estimate of drug-likeness (QED) is 0.193. The molecule has 268 valence electrons. The smallest absolute Gasteiger partial charge is 0.139 e. The van der Waals surface area contributed by atoms with Crippen molar-refractivity contribution in [1.29, 1.82) is 0 Å². The number of methoxy groups -OCH3 is 2. The number of hydrogen-bond acceptors (Lipinski definition) is 3. The lowest BCUT2D eigenvalue weighted by molar-refractivity contribution is -0.129. The van der Waals surface area contributed by atoms with Crippen LogP contribution in [0.25, 0.3) is 0 Å². The lowest BCUT2D eigenvalue weighted by Crippen LogP contribution is -2.41. The highest BCUT2D eigenvalue weighted by Crippen LogP contribution is 2.66. The number of carbonyl (C=O) groups is 1. The van der Waals surface area contributed by atoms with Crippen LogP contribution in [0.2, 0.25) is 0 Å². The standard InChI is InChI=1S/C22H24Br2O2.C22H22Br2O/c1-14-6-8-20(23)17(10-14)11-15-4-3-5-16(22(15)25)12-18-13-19(26-2)7-9-21(18)24;1-12-6-7-17(23)15-10-13-4-3-5-14-11-16-18(24)8-9-19(25-2)21(16)22(13,14)20(12)15/h6-10,13,15-16H,3-5,11-12H2,1-2H3;6-9,13-14H,3-5,10-11H2,1-2H3/t15-,16-;13-,14-,22-/m00/s1. The van der Waals surface area contributed by atoms with E-state index in [4.69, 9.17) is 9.47 Å². The second-order valence-electron chi connectivity index (χ2n) is 15.1. The first kappa shape index (κ1) is 37.4. The fourth-order valence-corrected chi connectivity index (χ4v) is 12.0. The van der Waals surface area contributed by atoms with Gasteiger partial charge in [0.1, 0.15) is 17.3 Å². The summed E-state index contributed by atoms with van der Waals surface area (Å²) in [5.41, 5.74) is 11.4. The zero-order valence-electron chi connectivity index (χ0n) is 29.9. The average Bonchev–Trinajstić information content (AvgIpc) is 3.68. The first-order chi connectivity index (χ1) is 24.6. The first-order valence-corrected chi connectivity index (χ1v) is 21.5. The van der Waals surface area contributed by atoms with Crippen LogP contribution in [0.4, 0.5) is 0 Å². The monoisotopic (exact) mass is 938 g/mol. The Labute approximate surface area is 337 Å². The molecule has 4 aliphatic carbocycles. The van der Waals surface area contributed by atoms with Crippen molar-refractivity contribution in [3.8, 4) is 11.5 Å². The third-order valence-corrected chi connectivity index (χ3v) is 15.4. The third-order valence-electron chi connectivity index (χ3n) is 12.3. The molecule has 0 saturated heterocycles. The molecular weight excluding hydrogens is 896 g/mol. The lowest BCUT2D eigenvalue weighted by Gasteiger charge is -2.44. The minimum Gasteiger partial charge on any atom is -0.497 e. The van der Waals surface area contributed by atoms with Gasteiger partial charge in [0.25, 0.3) is 0 Å². The van der Waals surface area contributed by atoms with Crippen molar-refractivity contribution in [3.05, 3.63) is 123 Å². The zero-order valence-corrected chi connectivity index (χ0v) is 36.2. The molecule has 0 radical (unpaired) electrons. The van der Waals surface area contributed by atoms with Gasteiger partial charge in [-0.3, -0.25) is 4.79 Å². The molecule has 4 aromatic rings. The van der Waals surface area contributed by atoms with Gasteiger partial charge in [0.05, 0.1) is 14.2 Å². The molecule has 0 N–H and O–H groups in total. The molecule has 0 amide bonds. The molecular formula is C44H46Br4O3. The van der Waals surface area contributed by atoms with E-state index in [-0.39, 0.29) is 17.3 Å². The highest BCUT2D eigenvalue weighted by molar-refractivity contribution is 9.11. The molecule has 51 heavy (non-hydrogen) atoms. The summed E-state index contributed by atoms with van der Waals surface area (Å²) in [5, 5.41) is 0. The van der Waals surface area contributed by atoms with E-state index >= 15 is 0 Å². The molecule has 0 heterocycles. The highest BCUT2D eigenvalue weighted by atomic mass is 79.9. The molecule has 4 aromatic carbocycles. The summed E-state index contributed by atoms with van der Waals surface area (Å²) < 4.78 is 16.0. The van der Waals surface area contributed by atoms with Gasteiger partial charge in [-0.05, 0) is 153 Å². The number of aryl methyl sites for hydroxylation is 2. The van der Waals surface area contributed by atoms with E-state index in [1.54, 1.807) is 18.2 Å². The SMILES string of the molecule is COc1ccc(Br)c(C[C@@H]2CCC[C@@H](Cc3cc(C)ccc3Br)C2=O)c1.COc1ccc(Br)c2c1[C@@]13c4c(C)ccc(Br)c4C[C@@H]1CCC[C@H]3C2. The number of halogens is 4. The van der Waals surface area contributed by atoms with Crippen LogP contribution in [-0.4, -0.2) is 20.0 Å². The van der Waals surface area contributed by atoms with Gasteiger partial charge in [0.2, 0.25) is 0 Å². The van der Waals surface area contributed by atoms with Gasteiger partial charge in [-0.1, -0.05) is 100 Å². The van der Waals surface area contributed by atoms with Crippen molar-refractivity contribution in [1.82, 2.24) is 0 Å². The van der Waals surface area contributed by atoms with Crippen molar-refractivity contribution in [2.75, 3.05) is 14.2 Å². The Morgan fingerprint density at radius 2 is 1.20 bits per heavy atom. The Morgan fingerprint density at radius 3 is 1.82 bits per heavy atom. The van der Waals surface area contributed by atoms with Crippen molar-refractivity contribution in [2.24, 2.45) is 23.7 Å². The number of hydrogen-bond donors (Lipinski definition) is 0. The van der Waals surface area contributed by atoms with Gasteiger partial charge in [-0.15, -0.1) is 0 Å². The molecule has 3 nitrogen and oxygen atoms in total. The summed E-state index contributed by atoms with van der Waals surface area (Å²) in [6.45, 7) is 4.40. The Balaban J connectivity index is 0.000000159. The topological polar surface area (TPSA) is 35.5 Å². The molecule has 0 bridgehead atoms. The highest BCUT2D eigenvalue weighted by Gasteiger charge is 2.60. The summed E-state index contributed by atoms with van der Waals surface area (Å²) in [4.78, 5) is 13.1. The van der Waals surface area contributed by atoms with Crippen LogP contribution in [0, 0.1) is 37.5 Å². The summed E-state index contributed by atoms with van der Waals surface area (Å²) >= 11 is 15.0. The summed E-state index contributed by atoms with van der Waals surface area (Å²) in [7, 11) is 3.50. The van der Waals surface area contributed by atoms with Gasteiger partial charge in [-0.25, -0.2) is 0 Å². The Morgan fingerprint density at radius 1 is 0.647 bits per heavy atom. The summed E-state index contributed by atoms with van der Waals surface area (Å²) in [6.07, 6.45) is 11.1. The van der Waals surface area contributed by atoms with E-state index in [2.05, 4.69) is 120 Å². The number of rotatable bonds is 6. The van der Waals surface area contributed by atoms with Gasteiger partial charge in [0, 0.05) is 40.7 Å². The number of fused-ring (bicyclic) bond motifs is 2. The van der Waals surface area contributed by atoms with E-state index < -0.39 is 0 Å². The minimum absolute atomic E-state index is 0.0979. The normalized spacial score (nSPS) is 24.5. The second kappa shape index (κ2) is 15.4. The van der Waals surface area contributed by atoms with Crippen LogP contribution >= 0.6 is 63.7 Å². The van der Waals surface area contributed by atoms with Gasteiger partial charge >= 0.3 is 0 Å². The maximum atomic E-state index is 13.1. The molecule has 8 rings (SSSR count). The maximum Gasteiger partial charge on any atom is 0.139 e. The fraction of sp³-hybridized carbons (Fsp3) is 0.432. The number of Topliss-reactive ketones (excluding diaryl/α,β-unsaturated/α-hetero) is 1. The van der Waals surface area contributed by atoms with Crippen molar-refractivity contribution >= 4 is 69.5 Å². The third kappa shape index (κ3) is 6.85. The van der Waals surface area contributed by atoms with E-state index in [0.29, 0.717) is 17.6 Å². The van der Waals surface area contributed by atoms with Gasteiger partial charge < -0.3 is 9.47 Å². The van der Waals surface area contributed by atoms with Crippen molar-refractivity contribution in [3.63, 3.8) is 0 Å². The minimum atomic E-state index is 0.0979. The number of ketones is 1. The molecule has 2 fully saturated rings. The van der Waals surface area contributed by atoms with Crippen LogP contribution in [0.15, 0.2) is 78.6 Å². The molecule has 7 heteroatoms. The molecule has 4 aliphatic rings. The van der Waals surface area contributed by atoms with Crippen LogP contribution in [0.3, 0.4) is 0 Å². The van der Waals surface area contributed by atoms with E-state index in [1.807, 2.05) is 25.3 Å². The van der Waals surface area contributed by atoms with E-state index in [9.17, 15) is 4.79 Å². The van der Waals surface area contributed by atoms with Crippen molar-refractivity contribution in [2.45, 2.75) is 83.5 Å². The molecule has 0 aromatic heterocycles.